The second kappa shape index (κ2) is 4.10. The van der Waals surface area contributed by atoms with Gasteiger partial charge in [-0.25, -0.2) is 4.39 Å². The average Bonchev–Trinajstić information content (AvgIpc) is 2.24. The number of rotatable bonds is 2. The molecule has 0 aliphatic carbocycles. The van der Waals surface area contributed by atoms with Gasteiger partial charge < -0.3 is 16.8 Å². The summed E-state index contributed by atoms with van der Waals surface area (Å²) in [7, 11) is 0. The molecule has 0 spiro atoms. The molecule has 0 aliphatic rings. The number of halogens is 1. The number of benzene rings is 2. The second-order valence-corrected chi connectivity index (χ2v) is 3.48. The van der Waals surface area contributed by atoms with Gasteiger partial charge in [0.15, 0.2) is 0 Å². The molecule has 0 aromatic heterocycles. The van der Waals surface area contributed by atoms with Crippen LogP contribution in [0.2, 0.25) is 0 Å². The van der Waals surface area contributed by atoms with Crippen LogP contribution >= 0.6 is 0 Å². The molecule has 0 fully saturated rings. The normalized spacial score (nSPS) is 10.1. The van der Waals surface area contributed by atoms with Gasteiger partial charge in [0.1, 0.15) is 5.82 Å². The molecular weight excluding hydrogens is 205 g/mol. The van der Waals surface area contributed by atoms with Crippen molar-refractivity contribution in [2.24, 2.45) is 0 Å². The smallest absolute Gasteiger partial charge is 0.125 e. The lowest BCUT2D eigenvalue weighted by Crippen LogP contribution is -1.96. The summed E-state index contributed by atoms with van der Waals surface area (Å²) in [5.74, 6) is -0.284. The molecule has 16 heavy (non-hydrogen) atoms. The lowest BCUT2D eigenvalue weighted by molar-refractivity contribution is 0.628. The van der Waals surface area contributed by atoms with Gasteiger partial charge in [-0.2, -0.15) is 0 Å². The van der Waals surface area contributed by atoms with Crippen LogP contribution in [0.5, 0.6) is 0 Å². The Morgan fingerprint density at radius 2 is 1.62 bits per heavy atom. The molecule has 0 amide bonds. The van der Waals surface area contributed by atoms with E-state index in [9.17, 15) is 4.39 Å². The Balaban J connectivity index is 2.24. The van der Waals surface area contributed by atoms with E-state index in [1.807, 2.05) is 0 Å². The summed E-state index contributed by atoms with van der Waals surface area (Å²) in [6.45, 7) is 0. The van der Waals surface area contributed by atoms with Gasteiger partial charge >= 0.3 is 0 Å². The van der Waals surface area contributed by atoms with Crippen molar-refractivity contribution < 1.29 is 4.39 Å². The molecule has 0 aliphatic heterocycles. The van der Waals surface area contributed by atoms with Crippen LogP contribution in [0.25, 0.3) is 0 Å². The lowest BCUT2D eigenvalue weighted by Gasteiger charge is -2.08. The number of nitrogen functional groups attached to an aromatic ring is 2. The fourth-order valence-electron chi connectivity index (χ4n) is 1.39. The fraction of sp³-hybridized carbons (Fsp3) is 0. The molecule has 0 atom stereocenters. The molecule has 2 aromatic rings. The highest BCUT2D eigenvalue weighted by molar-refractivity contribution is 5.72. The molecule has 0 unspecified atom stereocenters. The van der Waals surface area contributed by atoms with Crippen molar-refractivity contribution in [2.75, 3.05) is 16.8 Å². The van der Waals surface area contributed by atoms with Gasteiger partial charge in [0.25, 0.3) is 0 Å². The third kappa shape index (κ3) is 2.23. The molecule has 0 bridgehead atoms. The molecule has 82 valence electrons. The van der Waals surface area contributed by atoms with Crippen LogP contribution < -0.4 is 16.8 Å². The second-order valence-electron chi connectivity index (χ2n) is 3.48. The molecule has 2 aromatic carbocycles. The van der Waals surface area contributed by atoms with E-state index in [1.54, 1.807) is 30.3 Å². The Morgan fingerprint density at radius 1 is 0.875 bits per heavy atom. The molecular formula is C12H12FN3. The minimum atomic E-state index is -0.284. The minimum absolute atomic E-state index is 0.284. The topological polar surface area (TPSA) is 64.1 Å². The quantitative estimate of drug-likeness (QED) is 0.678. The van der Waals surface area contributed by atoms with E-state index in [-0.39, 0.29) is 5.82 Å². The maximum Gasteiger partial charge on any atom is 0.125 e. The van der Waals surface area contributed by atoms with Gasteiger partial charge in [-0.05, 0) is 36.4 Å². The van der Waals surface area contributed by atoms with E-state index in [4.69, 9.17) is 11.5 Å². The highest BCUT2D eigenvalue weighted by Crippen LogP contribution is 2.23. The highest BCUT2D eigenvalue weighted by atomic mass is 19.1. The molecule has 0 heterocycles. The van der Waals surface area contributed by atoms with E-state index in [2.05, 4.69) is 5.32 Å². The number of hydrogen-bond acceptors (Lipinski definition) is 3. The van der Waals surface area contributed by atoms with Gasteiger partial charge in [-0.3, -0.25) is 0 Å². The van der Waals surface area contributed by atoms with Crippen molar-refractivity contribution in [1.82, 2.24) is 0 Å². The van der Waals surface area contributed by atoms with Crippen molar-refractivity contribution in [1.29, 1.82) is 0 Å². The summed E-state index contributed by atoms with van der Waals surface area (Å²) in [5.41, 5.74) is 13.7. The molecule has 3 nitrogen and oxygen atoms in total. The lowest BCUT2D eigenvalue weighted by atomic mass is 10.2. The maximum atomic E-state index is 12.9. The van der Waals surface area contributed by atoms with E-state index < -0.39 is 0 Å². The molecule has 0 radical (unpaired) electrons. The summed E-state index contributed by atoms with van der Waals surface area (Å²) in [6, 6.07) is 11.4. The van der Waals surface area contributed by atoms with E-state index >= 15 is 0 Å². The van der Waals surface area contributed by atoms with Gasteiger partial charge in [0.2, 0.25) is 0 Å². The van der Waals surface area contributed by atoms with Gasteiger partial charge in [-0.1, -0.05) is 6.07 Å². The van der Waals surface area contributed by atoms with Gasteiger partial charge in [0, 0.05) is 11.4 Å². The van der Waals surface area contributed by atoms with E-state index in [1.165, 1.54) is 12.1 Å². The molecule has 0 saturated heterocycles. The fourth-order valence-corrected chi connectivity index (χ4v) is 1.39. The van der Waals surface area contributed by atoms with E-state index in [0.29, 0.717) is 17.1 Å². The third-order valence-electron chi connectivity index (χ3n) is 2.20. The Morgan fingerprint density at radius 3 is 2.31 bits per heavy atom. The van der Waals surface area contributed by atoms with Crippen LogP contribution in [0.15, 0.2) is 42.5 Å². The highest BCUT2D eigenvalue weighted by Gasteiger charge is 1.99. The van der Waals surface area contributed by atoms with Gasteiger partial charge in [0.05, 0.1) is 11.4 Å². The number of hydrogen-bond donors (Lipinski definition) is 3. The summed E-state index contributed by atoms with van der Waals surface area (Å²) in [4.78, 5) is 0. The standard InChI is InChI=1S/C12H12FN3/c13-8-2-1-3-9(6-8)16-10-4-5-11(14)12(15)7-10/h1-7,16H,14-15H2. The average molecular weight is 217 g/mol. The van der Waals surface area contributed by atoms with E-state index in [0.717, 1.165) is 5.69 Å². The van der Waals surface area contributed by atoms with Crippen LogP contribution in [0.4, 0.5) is 27.1 Å². The maximum absolute atomic E-state index is 12.9. The van der Waals surface area contributed by atoms with Crippen molar-refractivity contribution in [3.8, 4) is 0 Å². The SMILES string of the molecule is Nc1ccc(Nc2cccc(F)c2)cc1N. The van der Waals surface area contributed by atoms with Crippen LogP contribution in [0.3, 0.4) is 0 Å². The van der Waals surface area contributed by atoms with Crippen LogP contribution in [0, 0.1) is 5.82 Å². The van der Waals surface area contributed by atoms with Crippen molar-refractivity contribution >= 4 is 22.7 Å². The molecule has 4 heteroatoms. The first kappa shape index (κ1) is 10.3. The first-order valence-corrected chi connectivity index (χ1v) is 4.83. The number of nitrogens with one attached hydrogen (secondary N) is 1. The molecule has 0 saturated carbocycles. The Bertz CT molecular complexity index is 511. The van der Waals surface area contributed by atoms with Crippen molar-refractivity contribution in [2.45, 2.75) is 0 Å². The molecule has 5 N–H and O–H groups in total. The van der Waals surface area contributed by atoms with Gasteiger partial charge in [-0.15, -0.1) is 0 Å². The summed E-state index contributed by atoms with van der Waals surface area (Å²) < 4.78 is 12.9. The number of nitrogens with two attached hydrogens (primary N) is 2. The first-order chi connectivity index (χ1) is 7.65. The largest absolute Gasteiger partial charge is 0.397 e. The summed E-state index contributed by atoms with van der Waals surface area (Å²) in [6.07, 6.45) is 0. The Hall–Kier alpha value is -2.23. The predicted molar refractivity (Wildman–Crippen MR) is 64.9 cm³/mol. The number of anilines is 4. The first-order valence-electron chi connectivity index (χ1n) is 4.83. The summed E-state index contributed by atoms with van der Waals surface area (Å²) in [5, 5.41) is 3.04. The van der Waals surface area contributed by atoms with Crippen molar-refractivity contribution in [3.05, 3.63) is 48.3 Å². The zero-order valence-corrected chi connectivity index (χ0v) is 8.57. The third-order valence-corrected chi connectivity index (χ3v) is 2.20. The minimum Gasteiger partial charge on any atom is -0.397 e. The van der Waals surface area contributed by atoms with Crippen LogP contribution in [-0.4, -0.2) is 0 Å². The Labute approximate surface area is 92.9 Å². The van der Waals surface area contributed by atoms with Crippen LogP contribution in [0.1, 0.15) is 0 Å². The zero-order valence-electron chi connectivity index (χ0n) is 8.57. The Kier molecular flexibility index (Phi) is 2.64. The van der Waals surface area contributed by atoms with Crippen molar-refractivity contribution in [3.63, 3.8) is 0 Å². The molecule has 2 rings (SSSR count). The predicted octanol–water partition coefficient (Wildman–Crippen LogP) is 2.73. The zero-order chi connectivity index (χ0) is 11.5. The summed E-state index contributed by atoms with van der Waals surface area (Å²) >= 11 is 0. The monoisotopic (exact) mass is 217 g/mol. The van der Waals surface area contributed by atoms with Crippen LogP contribution in [-0.2, 0) is 0 Å².